The predicted molar refractivity (Wildman–Crippen MR) is 123 cm³/mol. The molecule has 0 aliphatic carbocycles. The monoisotopic (exact) mass is 487 g/mol. The van der Waals surface area contributed by atoms with Crippen molar-refractivity contribution in [1.82, 2.24) is 10.3 Å². The van der Waals surface area contributed by atoms with Crippen molar-refractivity contribution in [3.8, 4) is 0 Å². The van der Waals surface area contributed by atoms with Crippen molar-refractivity contribution in [2.45, 2.75) is 17.6 Å². The first-order valence-electron chi connectivity index (χ1n) is 9.63. The van der Waals surface area contributed by atoms with E-state index >= 15 is 0 Å². The minimum atomic E-state index is -4.48. The summed E-state index contributed by atoms with van der Waals surface area (Å²) < 4.78 is 38.7. The highest BCUT2D eigenvalue weighted by Crippen LogP contribution is 2.42. The van der Waals surface area contributed by atoms with E-state index in [9.17, 15) is 22.8 Å². The Morgan fingerprint density at radius 2 is 2.06 bits per heavy atom. The highest BCUT2D eigenvalue weighted by atomic mass is 32.2. The predicted octanol–water partition coefficient (Wildman–Crippen LogP) is 5.58. The number of rotatable bonds is 5. The van der Waals surface area contributed by atoms with E-state index in [1.807, 2.05) is 17.5 Å². The van der Waals surface area contributed by atoms with Gasteiger partial charge in [-0.3, -0.25) is 14.6 Å². The van der Waals surface area contributed by atoms with E-state index in [-0.39, 0.29) is 11.6 Å². The van der Waals surface area contributed by atoms with Crippen LogP contribution >= 0.6 is 23.1 Å². The van der Waals surface area contributed by atoms with Gasteiger partial charge >= 0.3 is 6.18 Å². The van der Waals surface area contributed by atoms with Crippen molar-refractivity contribution in [2.24, 2.45) is 0 Å². The molecule has 2 amide bonds. The molecular weight excluding hydrogens is 471 g/mol. The summed E-state index contributed by atoms with van der Waals surface area (Å²) >= 11 is 2.50. The molecule has 0 saturated heterocycles. The maximum atomic E-state index is 12.9. The summed E-state index contributed by atoms with van der Waals surface area (Å²) in [6.45, 7) is 0.371. The van der Waals surface area contributed by atoms with Gasteiger partial charge in [-0.15, -0.1) is 11.3 Å². The molecule has 2 N–H and O–H groups in total. The number of carbonyl (C=O) groups is 2. The summed E-state index contributed by atoms with van der Waals surface area (Å²) in [5, 5.41) is 7.13. The zero-order chi connectivity index (χ0) is 23.4. The van der Waals surface area contributed by atoms with Crippen molar-refractivity contribution >= 4 is 52.8 Å². The average Bonchev–Trinajstić information content (AvgIpc) is 3.24. The summed E-state index contributed by atoms with van der Waals surface area (Å²) in [7, 11) is 0. The molecular formula is C23H16F3N3O2S2. The van der Waals surface area contributed by atoms with Crippen LogP contribution in [0.4, 0.5) is 18.9 Å². The van der Waals surface area contributed by atoms with E-state index in [0.29, 0.717) is 16.3 Å². The van der Waals surface area contributed by atoms with Crippen LogP contribution in [0, 0.1) is 0 Å². The summed E-state index contributed by atoms with van der Waals surface area (Å²) in [6, 6.07) is 8.75. The van der Waals surface area contributed by atoms with Crippen LogP contribution in [0.2, 0.25) is 0 Å². The number of pyridine rings is 1. The number of nitrogens with one attached hydrogen (secondary N) is 2. The quantitative estimate of drug-likeness (QED) is 0.461. The van der Waals surface area contributed by atoms with Gasteiger partial charge in [0.05, 0.1) is 16.2 Å². The number of halogens is 3. The van der Waals surface area contributed by atoms with Crippen molar-refractivity contribution in [2.75, 3.05) is 5.32 Å². The maximum absolute atomic E-state index is 12.9. The Morgan fingerprint density at radius 1 is 1.21 bits per heavy atom. The molecule has 33 heavy (non-hydrogen) atoms. The lowest BCUT2D eigenvalue weighted by atomic mass is 10.2. The minimum absolute atomic E-state index is 0.143. The first-order chi connectivity index (χ1) is 15.8. The van der Waals surface area contributed by atoms with Crippen LogP contribution in [-0.2, 0) is 22.3 Å². The van der Waals surface area contributed by atoms with Crippen LogP contribution in [0.15, 0.2) is 70.0 Å². The minimum Gasteiger partial charge on any atom is -0.348 e. The first-order valence-corrected chi connectivity index (χ1v) is 11.3. The van der Waals surface area contributed by atoms with Gasteiger partial charge in [-0.2, -0.15) is 13.2 Å². The molecule has 168 valence electrons. The number of carbonyl (C=O) groups excluding carboxylic acids is 2. The molecule has 0 spiro atoms. The second-order valence-electron chi connectivity index (χ2n) is 6.97. The Labute approximate surface area is 195 Å². The smallest absolute Gasteiger partial charge is 0.348 e. The number of aromatic nitrogens is 1. The first kappa shape index (κ1) is 22.8. The SMILES string of the molecule is O=C(/C=C/c1csc(/C=C2\Sc3ccc(C(F)(F)F)cc3NC2=O)c1)NCc1cccnc1. The Balaban J connectivity index is 1.40. The molecule has 1 aliphatic heterocycles. The van der Waals surface area contributed by atoms with E-state index in [2.05, 4.69) is 15.6 Å². The number of nitrogens with zero attached hydrogens (tertiary/aromatic N) is 1. The highest BCUT2D eigenvalue weighted by molar-refractivity contribution is 8.04. The molecule has 0 unspecified atom stereocenters. The van der Waals surface area contributed by atoms with Crippen LogP contribution in [0.25, 0.3) is 12.2 Å². The Morgan fingerprint density at radius 3 is 2.82 bits per heavy atom. The zero-order valence-electron chi connectivity index (χ0n) is 16.8. The molecule has 0 atom stereocenters. The summed E-state index contributed by atoms with van der Waals surface area (Å²) in [4.78, 5) is 30.1. The Hall–Kier alpha value is -3.37. The van der Waals surface area contributed by atoms with Gasteiger partial charge in [-0.05, 0) is 59.0 Å². The summed E-state index contributed by atoms with van der Waals surface area (Å²) in [5.74, 6) is -0.714. The number of hydrogen-bond acceptors (Lipinski definition) is 5. The lowest BCUT2D eigenvalue weighted by molar-refractivity contribution is -0.137. The molecule has 0 saturated carbocycles. The number of thiophene rings is 1. The standard InChI is InChI=1S/C23H16F3N3O2S2/c24-23(25,26)16-4-5-19-18(9-16)29-22(31)20(33-19)10-17-8-14(13-32-17)3-6-21(30)28-12-15-2-1-7-27-11-15/h1-11,13H,12H2,(H,28,30)(H,29,31)/b6-3+,20-10-. The summed E-state index contributed by atoms with van der Waals surface area (Å²) in [5.41, 5.74) is 1.01. The largest absolute Gasteiger partial charge is 0.416 e. The van der Waals surface area contributed by atoms with Crippen molar-refractivity contribution in [1.29, 1.82) is 0 Å². The van der Waals surface area contributed by atoms with Gasteiger partial charge in [-0.25, -0.2) is 0 Å². The lowest BCUT2D eigenvalue weighted by Crippen LogP contribution is -2.20. The fourth-order valence-corrected chi connectivity index (χ4v) is 4.73. The number of thioether (sulfide) groups is 1. The van der Waals surface area contributed by atoms with E-state index < -0.39 is 17.6 Å². The molecule has 0 bridgehead atoms. The lowest BCUT2D eigenvalue weighted by Gasteiger charge is -2.20. The Kier molecular flexibility index (Phi) is 6.66. The van der Waals surface area contributed by atoms with Crippen LogP contribution < -0.4 is 10.6 Å². The second-order valence-corrected chi connectivity index (χ2v) is 8.99. The summed E-state index contributed by atoms with van der Waals surface area (Å²) in [6.07, 6.45) is 3.62. The molecule has 3 heterocycles. The normalized spacial score (nSPS) is 14.9. The number of anilines is 1. The molecule has 3 aromatic rings. The molecule has 4 rings (SSSR count). The Bertz CT molecular complexity index is 1250. The third-order valence-corrected chi connectivity index (χ3v) is 6.53. The van der Waals surface area contributed by atoms with Gasteiger partial charge in [0.1, 0.15) is 0 Å². The van der Waals surface area contributed by atoms with Crippen LogP contribution in [0.1, 0.15) is 21.6 Å². The number of hydrogen-bond donors (Lipinski definition) is 2. The van der Waals surface area contributed by atoms with Gasteiger partial charge in [-0.1, -0.05) is 17.8 Å². The van der Waals surface area contributed by atoms with Gasteiger partial charge in [0.25, 0.3) is 5.91 Å². The van der Waals surface area contributed by atoms with E-state index in [1.54, 1.807) is 30.6 Å². The topological polar surface area (TPSA) is 71.1 Å². The molecule has 5 nitrogen and oxygen atoms in total. The van der Waals surface area contributed by atoms with E-state index in [1.165, 1.54) is 23.5 Å². The molecule has 0 radical (unpaired) electrons. The van der Waals surface area contributed by atoms with E-state index in [4.69, 9.17) is 0 Å². The maximum Gasteiger partial charge on any atom is 0.416 e. The molecule has 0 fully saturated rings. The number of alkyl halides is 3. The van der Waals surface area contributed by atoms with E-state index in [0.717, 1.165) is 39.9 Å². The zero-order valence-corrected chi connectivity index (χ0v) is 18.5. The fourth-order valence-electron chi connectivity index (χ4n) is 2.92. The highest BCUT2D eigenvalue weighted by Gasteiger charge is 2.32. The second kappa shape index (κ2) is 9.63. The number of benzene rings is 1. The number of fused-ring (bicyclic) bond motifs is 1. The molecule has 1 aromatic carbocycles. The van der Waals surface area contributed by atoms with Crippen molar-refractivity contribution < 1.29 is 22.8 Å². The fraction of sp³-hybridized carbons (Fsp3) is 0.0870. The third-order valence-electron chi connectivity index (χ3n) is 4.53. The van der Waals surface area contributed by atoms with Crippen LogP contribution in [0.3, 0.4) is 0 Å². The molecule has 1 aliphatic rings. The van der Waals surface area contributed by atoms with Crippen LogP contribution in [-0.4, -0.2) is 16.8 Å². The van der Waals surface area contributed by atoms with Crippen molar-refractivity contribution in [3.63, 3.8) is 0 Å². The third kappa shape index (κ3) is 5.91. The molecule has 2 aromatic heterocycles. The van der Waals surface area contributed by atoms with Gasteiger partial charge in [0, 0.05) is 34.8 Å². The van der Waals surface area contributed by atoms with Gasteiger partial charge in [0.2, 0.25) is 5.91 Å². The van der Waals surface area contributed by atoms with Gasteiger partial charge in [0.15, 0.2) is 0 Å². The number of amides is 2. The van der Waals surface area contributed by atoms with Crippen LogP contribution in [0.5, 0.6) is 0 Å². The average molecular weight is 488 g/mol. The van der Waals surface area contributed by atoms with Crippen molar-refractivity contribution in [3.05, 3.63) is 86.7 Å². The van der Waals surface area contributed by atoms with Gasteiger partial charge < -0.3 is 10.6 Å². The molecule has 10 heteroatoms.